The SMILES string of the molecule is CC(=O)c1ccc(-n2cnc(C(=O)O)c2)cc1. The molecule has 1 heterocycles. The highest BCUT2D eigenvalue weighted by atomic mass is 16.4. The first-order valence-electron chi connectivity index (χ1n) is 4.96. The average Bonchev–Trinajstić information content (AvgIpc) is 2.78. The predicted octanol–water partition coefficient (Wildman–Crippen LogP) is 1.77. The number of nitrogens with zero attached hydrogens (tertiary/aromatic N) is 2. The van der Waals surface area contributed by atoms with Crippen LogP contribution in [0.4, 0.5) is 0 Å². The summed E-state index contributed by atoms with van der Waals surface area (Å²) >= 11 is 0. The minimum Gasteiger partial charge on any atom is -0.476 e. The van der Waals surface area contributed by atoms with Crippen LogP contribution in [0.3, 0.4) is 0 Å². The van der Waals surface area contributed by atoms with E-state index in [-0.39, 0.29) is 11.5 Å². The third kappa shape index (κ3) is 2.23. The predicted molar refractivity (Wildman–Crippen MR) is 60.5 cm³/mol. The van der Waals surface area contributed by atoms with Gasteiger partial charge in [-0.3, -0.25) is 4.79 Å². The number of benzene rings is 1. The smallest absolute Gasteiger partial charge is 0.356 e. The van der Waals surface area contributed by atoms with Crippen LogP contribution in [0.25, 0.3) is 5.69 Å². The molecule has 0 aliphatic rings. The van der Waals surface area contributed by atoms with Crippen molar-refractivity contribution in [3.8, 4) is 5.69 Å². The van der Waals surface area contributed by atoms with Gasteiger partial charge in [-0.1, -0.05) is 0 Å². The van der Waals surface area contributed by atoms with E-state index >= 15 is 0 Å². The van der Waals surface area contributed by atoms with E-state index in [1.807, 2.05) is 0 Å². The van der Waals surface area contributed by atoms with E-state index in [2.05, 4.69) is 4.98 Å². The third-order valence-corrected chi connectivity index (χ3v) is 2.37. The largest absolute Gasteiger partial charge is 0.476 e. The van der Waals surface area contributed by atoms with Gasteiger partial charge in [0.15, 0.2) is 11.5 Å². The van der Waals surface area contributed by atoms with Crippen molar-refractivity contribution < 1.29 is 14.7 Å². The van der Waals surface area contributed by atoms with Crippen LogP contribution in [0.15, 0.2) is 36.8 Å². The molecule has 0 fully saturated rings. The number of imidazole rings is 1. The number of carboxylic acid groups (broad SMARTS) is 1. The fraction of sp³-hybridized carbons (Fsp3) is 0.0833. The highest BCUT2D eigenvalue weighted by Crippen LogP contribution is 2.11. The van der Waals surface area contributed by atoms with Gasteiger partial charge in [-0.05, 0) is 31.2 Å². The van der Waals surface area contributed by atoms with Crippen molar-refractivity contribution in [1.82, 2.24) is 9.55 Å². The number of carboxylic acids is 1. The van der Waals surface area contributed by atoms with Crippen molar-refractivity contribution in [1.29, 1.82) is 0 Å². The lowest BCUT2D eigenvalue weighted by molar-refractivity contribution is 0.0691. The van der Waals surface area contributed by atoms with Crippen LogP contribution in [0.5, 0.6) is 0 Å². The van der Waals surface area contributed by atoms with Gasteiger partial charge in [0.25, 0.3) is 0 Å². The quantitative estimate of drug-likeness (QED) is 0.815. The molecule has 5 nitrogen and oxygen atoms in total. The Balaban J connectivity index is 2.33. The van der Waals surface area contributed by atoms with Crippen molar-refractivity contribution in [2.24, 2.45) is 0 Å². The van der Waals surface area contributed by atoms with Gasteiger partial charge >= 0.3 is 5.97 Å². The maximum atomic E-state index is 11.1. The zero-order valence-corrected chi connectivity index (χ0v) is 9.12. The Labute approximate surface area is 97.3 Å². The second-order valence-corrected chi connectivity index (χ2v) is 3.57. The van der Waals surface area contributed by atoms with Crippen LogP contribution >= 0.6 is 0 Å². The van der Waals surface area contributed by atoms with Crippen molar-refractivity contribution in [3.63, 3.8) is 0 Å². The van der Waals surface area contributed by atoms with Crippen LogP contribution in [-0.4, -0.2) is 26.4 Å². The Kier molecular flexibility index (Phi) is 2.74. The number of rotatable bonds is 3. The Morgan fingerprint density at radius 3 is 2.35 bits per heavy atom. The molecule has 0 bridgehead atoms. The van der Waals surface area contributed by atoms with E-state index in [1.54, 1.807) is 28.8 Å². The number of carbonyl (C=O) groups excluding carboxylic acids is 1. The lowest BCUT2D eigenvalue weighted by Crippen LogP contribution is -1.96. The minimum atomic E-state index is -1.07. The molecule has 1 aromatic heterocycles. The van der Waals surface area contributed by atoms with Crippen LogP contribution < -0.4 is 0 Å². The summed E-state index contributed by atoms with van der Waals surface area (Å²) in [4.78, 5) is 25.5. The minimum absolute atomic E-state index is 0.00611. The second kappa shape index (κ2) is 4.21. The first-order chi connectivity index (χ1) is 8.08. The number of hydrogen-bond acceptors (Lipinski definition) is 3. The van der Waals surface area contributed by atoms with Gasteiger partial charge < -0.3 is 9.67 Å². The molecule has 0 aliphatic heterocycles. The van der Waals surface area contributed by atoms with Crippen molar-refractivity contribution in [2.75, 3.05) is 0 Å². The molecule has 0 radical (unpaired) electrons. The average molecular weight is 230 g/mol. The number of Topliss-reactive ketones (excluding diaryl/α,β-unsaturated/α-hetero) is 1. The third-order valence-electron chi connectivity index (χ3n) is 2.37. The molecule has 0 spiro atoms. The summed E-state index contributed by atoms with van der Waals surface area (Å²) in [5, 5.41) is 8.74. The van der Waals surface area contributed by atoms with E-state index in [4.69, 9.17) is 5.11 Å². The molecule has 0 saturated carbocycles. The van der Waals surface area contributed by atoms with E-state index < -0.39 is 5.97 Å². The van der Waals surface area contributed by atoms with Gasteiger partial charge in [0.1, 0.15) is 6.33 Å². The first-order valence-corrected chi connectivity index (χ1v) is 4.96. The highest BCUT2D eigenvalue weighted by Gasteiger charge is 2.07. The monoisotopic (exact) mass is 230 g/mol. The molecule has 0 unspecified atom stereocenters. The lowest BCUT2D eigenvalue weighted by Gasteiger charge is -2.02. The summed E-state index contributed by atoms with van der Waals surface area (Å²) in [6, 6.07) is 6.87. The highest BCUT2D eigenvalue weighted by molar-refractivity contribution is 5.94. The molecule has 0 atom stereocenters. The number of ketones is 1. The molecule has 0 saturated heterocycles. The lowest BCUT2D eigenvalue weighted by atomic mass is 10.1. The van der Waals surface area contributed by atoms with Crippen LogP contribution in [0.2, 0.25) is 0 Å². The van der Waals surface area contributed by atoms with Gasteiger partial charge in [-0.25, -0.2) is 9.78 Å². The fourth-order valence-corrected chi connectivity index (χ4v) is 1.44. The molecule has 1 N–H and O–H groups in total. The molecule has 2 aromatic rings. The van der Waals surface area contributed by atoms with Crippen molar-refractivity contribution >= 4 is 11.8 Å². The summed E-state index contributed by atoms with van der Waals surface area (Å²) < 4.78 is 1.59. The number of hydrogen-bond donors (Lipinski definition) is 1. The zero-order valence-electron chi connectivity index (χ0n) is 9.12. The van der Waals surface area contributed by atoms with E-state index in [0.29, 0.717) is 5.56 Å². The summed E-state index contributed by atoms with van der Waals surface area (Å²) in [6.07, 6.45) is 2.84. The molecule has 2 rings (SSSR count). The maximum absolute atomic E-state index is 11.1. The molecular weight excluding hydrogens is 220 g/mol. The summed E-state index contributed by atoms with van der Waals surface area (Å²) in [5.41, 5.74) is 1.36. The fourth-order valence-electron chi connectivity index (χ4n) is 1.44. The van der Waals surface area contributed by atoms with Crippen LogP contribution in [0.1, 0.15) is 27.8 Å². The van der Waals surface area contributed by atoms with Crippen LogP contribution in [0, 0.1) is 0 Å². The number of aromatic carboxylic acids is 1. The molecular formula is C12H10N2O3. The van der Waals surface area contributed by atoms with E-state index in [1.165, 1.54) is 19.4 Å². The molecule has 0 amide bonds. The summed E-state index contributed by atoms with van der Waals surface area (Å²) in [7, 11) is 0. The van der Waals surface area contributed by atoms with Gasteiger partial charge in [0.05, 0.1) is 0 Å². The summed E-state index contributed by atoms with van der Waals surface area (Å²) in [6.45, 7) is 1.49. The van der Waals surface area contributed by atoms with Crippen LogP contribution in [-0.2, 0) is 0 Å². The first kappa shape index (κ1) is 11.1. The topological polar surface area (TPSA) is 72.2 Å². The van der Waals surface area contributed by atoms with Gasteiger partial charge in [0.2, 0.25) is 0 Å². The number of carbonyl (C=O) groups is 2. The van der Waals surface area contributed by atoms with E-state index in [9.17, 15) is 9.59 Å². The Morgan fingerprint density at radius 2 is 1.88 bits per heavy atom. The van der Waals surface area contributed by atoms with E-state index in [0.717, 1.165) is 5.69 Å². The molecule has 17 heavy (non-hydrogen) atoms. The molecule has 0 aliphatic carbocycles. The summed E-state index contributed by atoms with van der Waals surface area (Å²) in [5.74, 6) is -1.07. The number of aromatic nitrogens is 2. The maximum Gasteiger partial charge on any atom is 0.356 e. The Morgan fingerprint density at radius 1 is 1.24 bits per heavy atom. The zero-order chi connectivity index (χ0) is 12.4. The van der Waals surface area contributed by atoms with Gasteiger partial charge in [-0.15, -0.1) is 0 Å². The second-order valence-electron chi connectivity index (χ2n) is 3.57. The van der Waals surface area contributed by atoms with Gasteiger partial charge in [-0.2, -0.15) is 0 Å². The van der Waals surface area contributed by atoms with Gasteiger partial charge in [0, 0.05) is 17.4 Å². The van der Waals surface area contributed by atoms with Crippen molar-refractivity contribution in [2.45, 2.75) is 6.92 Å². The Hall–Kier alpha value is -2.43. The standard InChI is InChI=1S/C12H10N2O3/c1-8(15)9-2-4-10(5-3-9)14-6-11(12(16)17)13-7-14/h2-7H,1H3,(H,16,17). The van der Waals surface area contributed by atoms with Crippen molar-refractivity contribution in [3.05, 3.63) is 48.0 Å². The molecule has 1 aromatic carbocycles. The Bertz CT molecular complexity index is 570. The normalized spacial score (nSPS) is 10.2. The molecule has 86 valence electrons. The molecule has 5 heteroatoms.